The summed E-state index contributed by atoms with van der Waals surface area (Å²) in [4.78, 5) is 12.0. The topological polar surface area (TPSA) is 55.8 Å². The summed E-state index contributed by atoms with van der Waals surface area (Å²) in [5, 5.41) is 9.92. The zero-order valence-electron chi connectivity index (χ0n) is 19.7. The van der Waals surface area contributed by atoms with E-state index in [1.807, 2.05) is 12.1 Å². The van der Waals surface area contributed by atoms with Crippen molar-refractivity contribution in [2.75, 3.05) is 0 Å². The average Bonchev–Trinajstić information content (AvgIpc) is 2.53. The van der Waals surface area contributed by atoms with Crippen LogP contribution in [0.25, 0.3) is 6.08 Å². The molecule has 1 aliphatic rings. The van der Waals surface area contributed by atoms with Crippen LogP contribution in [0.1, 0.15) is 69.1 Å². The first kappa shape index (κ1) is 24.1. The Kier molecular flexibility index (Phi) is 6.47. The number of benzene rings is 1. The molecular formula is C23H38O4Si2. The molecular weight excluding hydrogens is 396 g/mol. The molecule has 1 aromatic carbocycles. The van der Waals surface area contributed by atoms with Crippen molar-refractivity contribution in [1.29, 1.82) is 0 Å². The van der Waals surface area contributed by atoms with Gasteiger partial charge in [-0.1, -0.05) is 65.8 Å². The summed E-state index contributed by atoms with van der Waals surface area (Å²) in [6.07, 6.45) is 3.34. The fraction of sp³-hybridized carbons (Fsp3) is 0.609. The van der Waals surface area contributed by atoms with E-state index < -0.39 is 28.7 Å². The van der Waals surface area contributed by atoms with E-state index in [1.54, 1.807) is 12.1 Å². The lowest BCUT2D eigenvalue weighted by molar-refractivity contribution is 0.0572. The summed E-state index contributed by atoms with van der Waals surface area (Å²) in [5.74, 6) is -0.924. The van der Waals surface area contributed by atoms with Crippen LogP contribution in [0.5, 0.6) is 0 Å². The second-order valence-electron chi connectivity index (χ2n) is 11.1. The molecule has 0 spiro atoms. The van der Waals surface area contributed by atoms with E-state index >= 15 is 0 Å². The SMILES string of the molecule is CC(C)(C)[Si](C)(C)O[C@@H]1c2c(cccc2C(=O)O)C=C[C@H]1O[Si](C)(C)C(C)(C)C. The highest BCUT2D eigenvalue weighted by atomic mass is 28.4. The Morgan fingerprint density at radius 2 is 1.45 bits per heavy atom. The molecule has 162 valence electrons. The van der Waals surface area contributed by atoms with Gasteiger partial charge in [-0.2, -0.15) is 0 Å². The molecule has 0 aliphatic heterocycles. The van der Waals surface area contributed by atoms with Crippen molar-refractivity contribution in [3.63, 3.8) is 0 Å². The average molecular weight is 435 g/mol. The molecule has 2 atom stereocenters. The summed E-state index contributed by atoms with van der Waals surface area (Å²) < 4.78 is 13.6. The second kappa shape index (κ2) is 7.80. The lowest BCUT2D eigenvalue weighted by Crippen LogP contribution is -2.49. The molecule has 0 unspecified atom stereocenters. The number of fused-ring (bicyclic) bond motifs is 1. The van der Waals surface area contributed by atoms with E-state index in [2.05, 4.69) is 73.8 Å². The molecule has 6 heteroatoms. The number of hydrogen-bond acceptors (Lipinski definition) is 3. The summed E-state index contributed by atoms with van der Waals surface area (Å²) in [7, 11) is -4.26. The first-order valence-electron chi connectivity index (χ1n) is 10.4. The molecule has 0 aromatic heterocycles. The largest absolute Gasteiger partial charge is 0.478 e. The van der Waals surface area contributed by atoms with E-state index in [1.165, 1.54) is 0 Å². The first-order valence-corrected chi connectivity index (χ1v) is 16.2. The van der Waals surface area contributed by atoms with Gasteiger partial charge in [0.1, 0.15) is 6.10 Å². The molecule has 0 bridgehead atoms. The second-order valence-corrected chi connectivity index (χ2v) is 20.6. The van der Waals surface area contributed by atoms with Crippen LogP contribution in [-0.4, -0.2) is 33.8 Å². The minimum atomic E-state index is -2.17. The molecule has 1 N–H and O–H groups in total. The maximum absolute atomic E-state index is 12.0. The quantitative estimate of drug-likeness (QED) is 0.514. The maximum atomic E-state index is 12.0. The predicted octanol–water partition coefficient (Wildman–Crippen LogP) is 6.86. The van der Waals surface area contributed by atoms with Gasteiger partial charge >= 0.3 is 5.97 Å². The van der Waals surface area contributed by atoms with Gasteiger partial charge in [0.2, 0.25) is 0 Å². The highest BCUT2D eigenvalue weighted by molar-refractivity contribution is 6.74. The van der Waals surface area contributed by atoms with Crippen molar-refractivity contribution in [2.45, 2.75) is 90.0 Å². The number of carboxylic acid groups (broad SMARTS) is 1. The molecule has 1 aliphatic carbocycles. The van der Waals surface area contributed by atoms with Gasteiger partial charge in [-0.05, 0) is 47.9 Å². The monoisotopic (exact) mass is 434 g/mol. The van der Waals surface area contributed by atoms with Crippen LogP contribution in [-0.2, 0) is 8.85 Å². The van der Waals surface area contributed by atoms with Gasteiger partial charge in [-0.25, -0.2) is 4.79 Å². The highest BCUT2D eigenvalue weighted by Gasteiger charge is 2.46. The summed E-state index contributed by atoms with van der Waals surface area (Å²) in [6.45, 7) is 22.1. The van der Waals surface area contributed by atoms with E-state index in [4.69, 9.17) is 8.85 Å². The Balaban J connectivity index is 2.60. The number of aromatic carboxylic acids is 1. The lowest BCUT2D eigenvalue weighted by atomic mass is 9.89. The van der Waals surface area contributed by atoms with Crippen LogP contribution in [0.4, 0.5) is 0 Å². The van der Waals surface area contributed by atoms with E-state index in [0.717, 1.165) is 11.1 Å². The van der Waals surface area contributed by atoms with Gasteiger partial charge in [-0.3, -0.25) is 0 Å². The van der Waals surface area contributed by atoms with Crippen LogP contribution in [0, 0.1) is 0 Å². The number of carbonyl (C=O) groups is 1. The van der Waals surface area contributed by atoms with Gasteiger partial charge in [0.25, 0.3) is 0 Å². The van der Waals surface area contributed by atoms with Gasteiger partial charge in [0.15, 0.2) is 16.6 Å². The van der Waals surface area contributed by atoms with Crippen LogP contribution in [0.15, 0.2) is 24.3 Å². The normalized spacial score (nSPS) is 20.5. The molecule has 29 heavy (non-hydrogen) atoms. The molecule has 0 radical (unpaired) electrons. The van der Waals surface area contributed by atoms with Crippen LogP contribution in [0.3, 0.4) is 0 Å². The molecule has 4 nitrogen and oxygen atoms in total. The van der Waals surface area contributed by atoms with Crippen molar-refractivity contribution in [3.8, 4) is 0 Å². The van der Waals surface area contributed by atoms with Crippen molar-refractivity contribution >= 4 is 28.7 Å². The number of carboxylic acids is 1. The number of rotatable bonds is 5. The number of hydrogen-bond donors (Lipinski definition) is 1. The van der Waals surface area contributed by atoms with Crippen LogP contribution < -0.4 is 0 Å². The maximum Gasteiger partial charge on any atom is 0.336 e. The zero-order valence-corrected chi connectivity index (χ0v) is 21.7. The van der Waals surface area contributed by atoms with Crippen LogP contribution in [0.2, 0.25) is 36.3 Å². The molecule has 0 fully saturated rings. The molecule has 2 rings (SSSR count). The fourth-order valence-electron chi connectivity index (χ4n) is 2.93. The van der Waals surface area contributed by atoms with Gasteiger partial charge in [-0.15, -0.1) is 0 Å². The molecule has 0 heterocycles. The molecule has 0 saturated heterocycles. The Bertz CT molecular complexity index is 798. The Hall–Kier alpha value is -1.22. The van der Waals surface area contributed by atoms with Gasteiger partial charge < -0.3 is 14.0 Å². The smallest absolute Gasteiger partial charge is 0.336 e. The minimum Gasteiger partial charge on any atom is -0.478 e. The predicted molar refractivity (Wildman–Crippen MR) is 126 cm³/mol. The molecule has 1 aromatic rings. The van der Waals surface area contributed by atoms with Crippen molar-refractivity contribution in [2.24, 2.45) is 0 Å². The zero-order chi connectivity index (χ0) is 22.4. The Morgan fingerprint density at radius 1 is 0.931 bits per heavy atom. The fourth-order valence-corrected chi connectivity index (χ4v) is 5.41. The van der Waals surface area contributed by atoms with Gasteiger partial charge in [0, 0.05) is 5.56 Å². The summed E-state index contributed by atoms with van der Waals surface area (Å²) in [5.41, 5.74) is 1.96. The highest BCUT2D eigenvalue weighted by Crippen LogP contribution is 2.46. The summed E-state index contributed by atoms with van der Waals surface area (Å²) >= 11 is 0. The molecule has 0 amide bonds. The van der Waals surface area contributed by atoms with Crippen molar-refractivity contribution in [1.82, 2.24) is 0 Å². The van der Waals surface area contributed by atoms with E-state index in [0.29, 0.717) is 5.56 Å². The van der Waals surface area contributed by atoms with Crippen molar-refractivity contribution < 1.29 is 18.8 Å². The Labute approximate surface area is 178 Å². The third-order valence-corrected chi connectivity index (χ3v) is 15.8. The third-order valence-electron chi connectivity index (χ3n) is 6.88. The first-order chi connectivity index (χ1) is 13.0. The Morgan fingerprint density at radius 3 is 1.93 bits per heavy atom. The van der Waals surface area contributed by atoms with Gasteiger partial charge in [0.05, 0.1) is 11.7 Å². The van der Waals surface area contributed by atoms with E-state index in [-0.39, 0.29) is 16.2 Å². The minimum absolute atomic E-state index is 0.00795. The lowest BCUT2D eigenvalue weighted by Gasteiger charge is -2.46. The molecule has 0 saturated carbocycles. The van der Waals surface area contributed by atoms with Crippen LogP contribution >= 0.6 is 0 Å². The standard InChI is InChI=1S/C23H38O4Si2/c1-22(2,3)28(7,8)26-18-15-14-16-12-11-13-17(21(24)25)19(16)20(18)27-29(9,10)23(4,5)6/h11-15,18,20H,1-10H3,(H,24,25)/t18-,20+/m1/s1. The third kappa shape index (κ3) is 4.93. The summed E-state index contributed by atoms with van der Waals surface area (Å²) in [6, 6.07) is 5.43. The van der Waals surface area contributed by atoms with E-state index in [9.17, 15) is 9.90 Å². The van der Waals surface area contributed by atoms with Crippen molar-refractivity contribution in [3.05, 3.63) is 41.0 Å².